The molecule has 0 saturated heterocycles. The smallest absolute Gasteiger partial charge is 0.231 e. The zero-order valence-electron chi connectivity index (χ0n) is 15.4. The number of hydrogen-bond acceptors (Lipinski definition) is 6. The van der Waals surface area contributed by atoms with Gasteiger partial charge in [-0.25, -0.2) is 4.98 Å². The van der Waals surface area contributed by atoms with E-state index < -0.39 is 0 Å². The molecule has 144 valence electrons. The van der Waals surface area contributed by atoms with Crippen LogP contribution >= 0.6 is 22.9 Å². The number of ether oxygens (including phenoxy) is 2. The second kappa shape index (κ2) is 7.69. The molecular weight excluding hydrogens is 398 g/mol. The number of carbonyl (C=O) groups is 1. The van der Waals surface area contributed by atoms with Gasteiger partial charge in [-0.1, -0.05) is 17.7 Å². The van der Waals surface area contributed by atoms with Crippen LogP contribution in [0.4, 0.5) is 11.4 Å². The Morgan fingerprint density at radius 3 is 2.89 bits per heavy atom. The van der Waals surface area contributed by atoms with Crippen molar-refractivity contribution in [1.29, 1.82) is 0 Å². The van der Waals surface area contributed by atoms with Gasteiger partial charge in [-0.15, -0.1) is 11.3 Å². The van der Waals surface area contributed by atoms with Crippen molar-refractivity contribution in [2.24, 2.45) is 0 Å². The molecule has 1 aliphatic rings. The number of para-hydroxylation sites is 1. The maximum atomic E-state index is 12.5. The van der Waals surface area contributed by atoms with Gasteiger partial charge >= 0.3 is 0 Å². The van der Waals surface area contributed by atoms with Crippen molar-refractivity contribution in [1.82, 2.24) is 4.98 Å². The number of nitrogens with one attached hydrogen (secondary N) is 1. The van der Waals surface area contributed by atoms with Crippen molar-refractivity contribution in [2.75, 3.05) is 31.1 Å². The second-order valence-electron chi connectivity index (χ2n) is 6.47. The molecule has 0 radical (unpaired) electrons. The van der Waals surface area contributed by atoms with Crippen LogP contribution in [0.1, 0.15) is 5.69 Å². The van der Waals surface area contributed by atoms with Gasteiger partial charge < -0.3 is 19.7 Å². The van der Waals surface area contributed by atoms with Gasteiger partial charge in [0.2, 0.25) is 12.7 Å². The molecule has 0 aliphatic carbocycles. The van der Waals surface area contributed by atoms with Crippen LogP contribution in [0, 0.1) is 0 Å². The van der Waals surface area contributed by atoms with Gasteiger partial charge in [-0.05, 0) is 30.3 Å². The largest absolute Gasteiger partial charge is 0.454 e. The summed E-state index contributed by atoms with van der Waals surface area (Å²) in [5, 5.41) is 6.24. The number of hydrogen-bond donors (Lipinski definition) is 1. The summed E-state index contributed by atoms with van der Waals surface area (Å²) >= 11 is 7.75. The lowest BCUT2D eigenvalue weighted by molar-refractivity contribution is -0.115. The molecule has 0 atom stereocenters. The third-order valence-corrected chi connectivity index (χ3v) is 5.47. The van der Waals surface area contributed by atoms with Crippen molar-refractivity contribution in [3.8, 4) is 22.1 Å². The van der Waals surface area contributed by atoms with E-state index >= 15 is 0 Å². The lowest BCUT2D eigenvalue weighted by atomic mass is 10.2. The molecule has 0 spiro atoms. The van der Waals surface area contributed by atoms with Crippen molar-refractivity contribution in [3.05, 3.63) is 52.5 Å². The van der Waals surface area contributed by atoms with Crippen LogP contribution in [0.3, 0.4) is 0 Å². The predicted molar refractivity (Wildman–Crippen MR) is 112 cm³/mol. The van der Waals surface area contributed by atoms with E-state index in [0.717, 1.165) is 22.0 Å². The molecule has 1 aliphatic heterocycles. The Labute approximate surface area is 171 Å². The number of carbonyl (C=O) groups excluding carboxylic acids is 1. The normalized spacial score (nSPS) is 12.1. The summed E-state index contributed by atoms with van der Waals surface area (Å²) in [6.07, 6.45) is 0.181. The van der Waals surface area contributed by atoms with Crippen LogP contribution < -0.4 is 19.7 Å². The van der Waals surface area contributed by atoms with Crippen molar-refractivity contribution in [2.45, 2.75) is 6.42 Å². The number of rotatable bonds is 5. The Hall–Kier alpha value is -2.77. The lowest BCUT2D eigenvalue weighted by Crippen LogP contribution is -2.18. The average molecular weight is 416 g/mol. The van der Waals surface area contributed by atoms with Crippen LogP contribution in [-0.4, -0.2) is 31.8 Å². The van der Waals surface area contributed by atoms with Gasteiger partial charge in [-0.3, -0.25) is 4.79 Å². The van der Waals surface area contributed by atoms with E-state index in [9.17, 15) is 4.79 Å². The van der Waals surface area contributed by atoms with Crippen molar-refractivity contribution >= 4 is 40.2 Å². The maximum absolute atomic E-state index is 12.5. The fourth-order valence-corrected chi connectivity index (χ4v) is 4.14. The van der Waals surface area contributed by atoms with E-state index in [1.165, 1.54) is 11.3 Å². The molecule has 3 aromatic rings. The summed E-state index contributed by atoms with van der Waals surface area (Å²) in [5.74, 6) is 1.30. The SMILES string of the molecule is CN(C)c1c(Cl)cccc1NC(=O)Cc1csc(-c2ccc3c(c2)OCO3)n1. The minimum atomic E-state index is -0.145. The first-order chi connectivity index (χ1) is 13.5. The molecule has 8 heteroatoms. The highest BCUT2D eigenvalue weighted by atomic mass is 35.5. The maximum Gasteiger partial charge on any atom is 0.231 e. The van der Waals surface area contributed by atoms with E-state index in [0.29, 0.717) is 22.2 Å². The lowest BCUT2D eigenvalue weighted by Gasteiger charge is -2.19. The third kappa shape index (κ3) is 3.76. The summed E-state index contributed by atoms with van der Waals surface area (Å²) in [5.41, 5.74) is 3.10. The van der Waals surface area contributed by atoms with E-state index in [1.54, 1.807) is 6.07 Å². The standard InChI is InChI=1S/C20H18ClN3O3S/c1-24(2)19-14(21)4-3-5-15(19)23-18(25)9-13-10-28-20(22-13)12-6-7-16-17(8-12)27-11-26-16/h3-8,10H,9,11H2,1-2H3,(H,23,25). The van der Waals surface area contributed by atoms with Gasteiger partial charge in [-0.2, -0.15) is 0 Å². The molecular formula is C20H18ClN3O3S. The quantitative estimate of drug-likeness (QED) is 0.667. The molecule has 2 heterocycles. The Bertz CT molecular complexity index is 1040. The van der Waals surface area contributed by atoms with E-state index in [4.69, 9.17) is 21.1 Å². The molecule has 1 N–H and O–H groups in total. The molecule has 4 rings (SSSR count). The average Bonchev–Trinajstić information content (AvgIpc) is 3.29. The minimum Gasteiger partial charge on any atom is -0.454 e. The number of nitrogens with zero attached hydrogens (tertiary/aromatic N) is 2. The molecule has 0 bridgehead atoms. The summed E-state index contributed by atoms with van der Waals surface area (Å²) < 4.78 is 10.7. The Morgan fingerprint density at radius 1 is 1.25 bits per heavy atom. The number of aromatic nitrogens is 1. The highest BCUT2D eigenvalue weighted by Crippen LogP contribution is 2.37. The molecule has 0 unspecified atom stereocenters. The van der Waals surface area contributed by atoms with Gasteiger partial charge in [0.25, 0.3) is 0 Å². The van der Waals surface area contributed by atoms with Gasteiger partial charge in [0.15, 0.2) is 11.5 Å². The second-order valence-corrected chi connectivity index (χ2v) is 7.73. The van der Waals surface area contributed by atoms with E-state index in [-0.39, 0.29) is 19.1 Å². The highest BCUT2D eigenvalue weighted by molar-refractivity contribution is 7.13. The van der Waals surface area contributed by atoms with Crippen molar-refractivity contribution < 1.29 is 14.3 Å². The molecule has 2 aromatic carbocycles. The Kier molecular flexibility index (Phi) is 5.11. The fourth-order valence-electron chi connectivity index (χ4n) is 2.98. The summed E-state index contributed by atoms with van der Waals surface area (Å²) in [7, 11) is 3.77. The van der Waals surface area contributed by atoms with Crippen LogP contribution in [-0.2, 0) is 11.2 Å². The van der Waals surface area contributed by atoms with Crippen molar-refractivity contribution in [3.63, 3.8) is 0 Å². The number of fused-ring (bicyclic) bond motifs is 1. The number of benzene rings is 2. The van der Waals surface area contributed by atoms with Crippen LogP contribution in [0.5, 0.6) is 11.5 Å². The number of amides is 1. The fraction of sp³-hybridized carbons (Fsp3) is 0.200. The summed E-state index contributed by atoms with van der Waals surface area (Å²) in [6, 6.07) is 11.1. The topological polar surface area (TPSA) is 63.7 Å². The predicted octanol–water partition coefficient (Wildman–Crippen LogP) is 4.44. The minimum absolute atomic E-state index is 0.145. The van der Waals surface area contributed by atoms with Crippen LogP contribution in [0.15, 0.2) is 41.8 Å². The molecule has 28 heavy (non-hydrogen) atoms. The first-order valence-electron chi connectivity index (χ1n) is 8.61. The molecule has 0 saturated carbocycles. The first kappa shape index (κ1) is 18.6. The van der Waals surface area contributed by atoms with E-state index in [2.05, 4.69) is 10.3 Å². The summed E-state index contributed by atoms with van der Waals surface area (Å²) in [6.45, 7) is 0.237. The molecule has 1 aromatic heterocycles. The van der Waals surface area contributed by atoms with Crippen LogP contribution in [0.25, 0.3) is 10.6 Å². The Balaban J connectivity index is 1.47. The van der Waals surface area contributed by atoms with Gasteiger partial charge in [0.1, 0.15) is 5.01 Å². The zero-order valence-corrected chi connectivity index (χ0v) is 16.9. The van der Waals surface area contributed by atoms with E-state index in [1.807, 2.05) is 54.7 Å². The molecule has 6 nitrogen and oxygen atoms in total. The zero-order chi connectivity index (χ0) is 19.7. The Morgan fingerprint density at radius 2 is 2.07 bits per heavy atom. The number of anilines is 2. The van der Waals surface area contributed by atoms with Crippen LogP contribution in [0.2, 0.25) is 5.02 Å². The first-order valence-corrected chi connectivity index (χ1v) is 9.87. The monoisotopic (exact) mass is 415 g/mol. The number of thiazole rings is 1. The highest BCUT2D eigenvalue weighted by Gasteiger charge is 2.17. The molecule has 1 amide bonds. The van der Waals surface area contributed by atoms with Gasteiger partial charge in [0.05, 0.1) is 28.5 Å². The van der Waals surface area contributed by atoms with Gasteiger partial charge in [0, 0.05) is 25.0 Å². The molecule has 0 fully saturated rings. The third-order valence-electron chi connectivity index (χ3n) is 4.22. The summed E-state index contributed by atoms with van der Waals surface area (Å²) in [4.78, 5) is 19.0. The number of halogens is 1.